The standard InChI is InChI=1S/C32H56N2O3/c1-3-5-7-9-11-13-15-17-19-21-23-26-25-28(35)30(32(34)37)27(29(26)31(33)36)24-22-20-18-16-14-12-10-8-6-4-2/h25,35H,3-24H2,1-2H3,(H2,33,36)(H2,34,37). The van der Waals surface area contributed by atoms with Gasteiger partial charge in [-0.05, 0) is 42.9 Å². The Bertz CT molecular complexity index is 776. The third-order valence-corrected chi connectivity index (χ3v) is 7.56. The summed E-state index contributed by atoms with van der Waals surface area (Å²) >= 11 is 0. The maximum Gasteiger partial charge on any atom is 0.252 e. The van der Waals surface area contributed by atoms with Crippen LogP contribution in [0.2, 0.25) is 0 Å². The third kappa shape index (κ3) is 13.9. The molecule has 5 N–H and O–H groups in total. The van der Waals surface area contributed by atoms with Gasteiger partial charge in [-0.1, -0.05) is 129 Å². The van der Waals surface area contributed by atoms with Crippen molar-refractivity contribution in [3.63, 3.8) is 0 Å². The van der Waals surface area contributed by atoms with Crippen LogP contribution in [-0.4, -0.2) is 16.9 Å². The smallest absolute Gasteiger partial charge is 0.252 e. The van der Waals surface area contributed by atoms with Gasteiger partial charge in [0.25, 0.3) is 5.91 Å². The van der Waals surface area contributed by atoms with Crippen LogP contribution < -0.4 is 11.5 Å². The van der Waals surface area contributed by atoms with Gasteiger partial charge in [-0.15, -0.1) is 0 Å². The topological polar surface area (TPSA) is 106 Å². The van der Waals surface area contributed by atoms with Gasteiger partial charge in [-0.25, -0.2) is 0 Å². The maximum absolute atomic E-state index is 12.5. The molecule has 0 aliphatic carbocycles. The van der Waals surface area contributed by atoms with Gasteiger partial charge in [0.1, 0.15) is 5.75 Å². The predicted octanol–water partition coefficient (Wildman–Crippen LogP) is 8.52. The molecule has 1 aromatic rings. The summed E-state index contributed by atoms with van der Waals surface area (Å²) in [5.41, 5.74) is 13.2. The molecule has 0 atom stereocenters. The summed E-state index contributed by atoms with van der Waals surface area (Å²) in [4.78, 5) is 24.6. The van der Waals surface area contributed by atoms with E-state index in [2.05, 4.69) is 13.8 Å². The summed E-state index contributed by atoms with van der Waals surface area (Å²) in [6.45, 7) is 4.48. The Labute approximate surface area is 227 Å². The Morgan fingerprint density at radius 3 is 1.30 bits per heavy atom. The fourth-order valence-corrected chi connectivity index (χ4v) is 5.40. The Morgan fingerprint density at radius 2 is 0.919 bits per heavy atom. The van der Waals surface area contributed by atoms with Crippen LogP contribution in [0, 0.1) is 0 Å². The molecule has 212 valence electrons. The van der Waals surface area contributed by atoms with Gasteiger partial charge in [0, 0.05) is 5.56 Å². The number of nitrogens with two attached hydrogens (primary N) is 2. The first kappa shape index (κ1) is 33.0. The van der Waals surface area contributed by atoms with E-state index >= 15 is 0 Å². The van der Waals surface area contributed by atoms with Crippen LogP contribution in [0.3, 0.4) is 0 Å². The molecule has 0 spiro atoms. The Hall–Kier alpha value is -2.04. The lowest BCUT2D eigenvalue weighted by molar-refractivity contribution is 0.0996. The molecule has 0 aliphatic heterocycles. The van der Waals surface area contributed by atoms with Crippen LogP contribution in [0.1, 0.15) is 174 Å². The SMILES string of the molecule is CCCCCCCCCCCCc1cc(O)c(C(N)=O)c(CCCCCCCCCCCC)c1C(N)=O. The van der Waals surface area contributed by atoms with E-state index in [9.17, 15) is 14.7 Å². The second-order valence-electron chi connectivity index (χ2n) is 10.9. The van der Waals surface area contributed by atoms with Crippen molar-refractivity contribution in [3.8, 4) is 5.75 Å². The summed E-state index contributed by atoms with van der Waals surface area (Å²) in [5.74, 6) is -1.36. The van der Waals surface area contributed by atoms with Gasteiger partial charge in [-0.3, -0.25) is 9.59 Å². The number of aryl methyl sites for hydroxylation is 1. The first-order valence-corrected chi connectivity index (χ1v) is 15.4. The van der Waals surface area contributed by atoms with E-state index in [0.717, 1.165) is 37.7 Å². The lowest BCUT2D eigenvalue weighted by Crippen LogP contribution is -2.22. The predicted molar refractivity (Wildman–Crippen MR) is 156 cm³/mol. The van der Waals surface area contributed by atoms with Crippen LogP contribution in [0.5, 0.6) is 5.75 Å². The van der Waals surface area contributed by atoms with Crippen molar-refractivity contribution in [1.82, 2.24) is 0 Å². The lowest BCUT2D eigenvalue weighted by atomic mass is 9.88. The average Bonchev–Trinajstić information content (AvgIpc) is 2.85. The van der Waals surface area contributed by atoms with E-state index < -0.39 is 11.8 Å². The molecule has 0 unspecified atom stereocenters. The Kier molecular flexibility index (Phi) is 18.7. The molecule has 1 aromatic carbocycles. The van der Waals surface area contributed by atoms with E-state index in [4.69, 9.17) is 11.5 Å². The molecule has 37 heavy (non-hydrogen) atoms. The zero-order valence-electron chi connectivity index (χ0n) is 24.1. The minimum Gasteiger partial charge on any atom is -0.507 e. The van der Waals surface area contributed by atoms with Crippen molar-refractivity contribution in [2.24, 2.45) is 11.5 Å². The number of carbonyl (C=O) groups excluding carboxylic acids is 2. The van der Waals surface area contributed by atoms with Crippen molar-refractivity contribution in [3.05, 3.63) is 28.3 Å². The number of rotatable bonds is 24. The van der Waals surface area contributed by atoms with Crippen molar-refractivity contribution >= 4 is 11.8 Å². The number of aromatic hydroxyl groups is 1. The monoisotopic (exact) mass is 516 g/mol. The zero-order chi connectivity index (χ0) is 27.3. The number of phenols is 1. The van der Waals surface area contributed by atoms with Crippen molar-refractivity contribution < 1.29 is 14.7 Å². The minimum absolute atomic E-state index is 0.0662. The molecule has 1 rings (SSSR count). The maximum atomic E-state index is 12.5. The van der Waals surface area contributed by atoms with Gasteiger partial charge >= 0.3 is 0 Å². The number of primary amides is 2. The van der Waals surface area contributed by atoms with E-state index in [-0.39, 0.29) is 11.3 Å². The zero-order valence-corrected chi connectivity index (χ0v) is 24.1. The summed E-state index contributed by atoms with van der Waals surface area (Å²) in [6, 6.07) is 1.54. The van der Waals surface area contributed by atoms with Crippen molar-refractivity contribution in [2.75, 3.05) is 0 Å². The van der Waals surface area contributed by atoms with Crippen LogP contribution in [0.15, 0.2) is 6.07 Å². The van der Waals surface area contributed by atoms with E-state index in [1.807, 2.05) is 0 Å². The molecule has 0 saturated carbocycles. The number of hydrogen-bond donors (Lipinski definition) is 3. The normalized spacial score (nSPS) is 11.2. The highest BCUT2D eigenvalue weighted by Crippen LogP contribution is 2.31. The molecule has 0 bridgehead atoms. The molecule has 0 saturated heterocycles. The van der Waals surface area contributed by atoms with E-state index in [0.29, 0.717) is 24.0 Å². The van der Waals surface area contributed by atoms with Crippen LogP contribution in [-0.2, 0) is 12.8 Å². The highest BCUT2D eigenvalue weighted by atomic mass is 16.3. The molecule has 0 aromatic heterocycles. The average molecular weight is 517 g/mol. The van der Waals surface area contributed by atoms with Crippen LogP contribution in [0.4, 0.5) is 0 Å². The van der Waals surface area contributed by atoms with Crippen LogP contribution in [0.25, 0.3) is 0 Å². The van der Waals surface area contributed by atoms with Gasteiger partial charge in [0.15, 0.2) is 0 Å². The van der Waals surface area contributed by atoms with Gasteiger partial charge in [0.2, 0.25) is 5.91 Å². The minimum atomic E-state index is -0.701. The fraction of sp³-hybridized carbons (Fsp3) is 0.750. The fourth-order valence-electron chi connectivity index (χ4n) is 5.40. The van der Waals surface area contributed by atoms with Crippen molar-refractivity contribution in [1.29, 1.82) is 0 Å². The number of unbranched alkanes of at least 4 members (excludes halogenated alkanes) is 18. The Balaban J connectivity index is 2.61. The molecule has 2 amide bonds. The summed E-state index contributed by atoms with van der Waals surface area (Å²) in [5, 5.41) is 10.6. The highest BCUT2D eigenvalue weighted by Gasteiger charge is 2.23. The van der Waals surface area contributed by atoms with E-state index in [1.54, 1.807) is 0 Å². The summed E-state index contributed by atoms with van der Waals surface area (Å²) < 4.78 is 0. The molecular weight excluding hydrogens is 460 g/mol. The quantitative estimate of drug-likeness (QED) is 0.120. The second-order valence-corrected chi connectivity index (χ2v) is 10.9. The molecule has 0 radical (unpaired) electrons. The molecule has 0 heterocycles. The first-order chi connectivity index (χ1) is 17.9. The molecule has 5 nitrogen and oxygen atoms in total. The summed E-state index contributed by atoms with van der Waals surface area (Å²) in [6.07, 6.45) is 25.6. The summed E-state index contributed by atoms with van der Waals surface area (Å²) in [7, 11) is 0. The van der Waals surface area contributed by atoms with Gasteiger partial charge in [-0.2, -0.15) is 0 Å². The van der Waals surface area contributed by atoms with Crippen LogP contribution >= 0.6 is 0 Å². The second kappa shape index (κ2) is 21.0. The van der Waals surface area contributed by atoms with Crippen molar-refractivity contribution in [2.45, 2.75) is 155 Å². The molecule has 0 aliphatic rings. The number of hydrogen-bond acceptors (Lipinski definition) is 3. The van der Waals surface area contributed by atoms with E-state index in [1.165, 1.54) is 102 Å². The number of benzene rings is 1. The Morgan fingerprint density at radius 1 is 0.568 bits per heavy atom. The number of amides is 2. The lowest BCUT2D eigenvalue weighted by Gasteiger charge is -2.17. The molecular formula is C32H56N2O3. The number of carbonyl (C=O) groups is 2. The first-order valence-electron chi connectivity index (χ1n) is 15.4. The van der Waals surface area contributed by atoms with Gasteiger partial charge in [0.05, 0.1) is 5.56 Å². The molecule has 0 fully saturated rings. The third-order valence-electron chi connectivity index (χ3n) is 7.56. The largest absolute Gasteiger partial charge is 0.507 e. The molecule has 5 heteroatoms. The van der Waals surface area contributed by atoms with Gasteiger partial charge < -0.3 is 16.6 Å². The highest BCUT2D eigenvalue weighted by molar-refractivity contribution is 6.03.